The monoisotopic (exact) mass is 466 g/mol. The average Bonchev–Trinajstić information content (AvgIpc) is 3.39. The Morgan fingerprint density at radius 2 is 2.09 bits per heavy atom. The molecule has 2 saturated heterocycles. The molecule has 6 heterocycles. The first kappa shape index (κ1) is 20.1. The molecule has 2 aliphatic heterocycles. The van der Waals surface area contributed by atoms with E-state index < -0.39 is 0 Å². The maximum atomic E-state index is 6.79. The zero-order valence-electron chi connectivity index (χ0n) is 17.7. The Bertz CT molecular complexity index is 1290. The number of aryl methyl sites for hydroxylation is 1. The summed E-state index contributed by atoms with van der Waals surface area (Å²) in [5.74, 6) is 1.57. The predicted octanol–water partition coefficient (Wildman–Crippen LogP) is 3.85. The zero-order valence-corrected chi connectivity index (χ0v) is 19.2. The number of aromatic amines is 1. The minimum absolute atomic E-state index is 0.511. The number of aromatic nitrogens is 6. The van der Waals surface area contributed by atoms with Crippen molar-refractivity contribution in [1.29, 1.82) is 0 Å². The topological polar surface area (TPSA) is 95.5 Å². The first-order valence-corrected chi connectivity index (χ1v) is 12.2. The van der Waals surface area contributed by atoms with Gasteiger partial charge < -0.3 is 15.2 Å². The number of hydrogen-bond donors (Lipinski definition) is 2. The van der Waals surface area contributed by atoms with Crippen molar-refractivity contribution in [1.82, 2.24) is 35.2 Å². The van der Waals surface area contributed by atoms with Crippen molar-refractivity contribution in [2.45, 2.75) is 42.3 Å². The Morgan fingerprint density at radius 1 is 1.19 bits per heavy atom. The van der Waals surface area contributed by atoms with Gasteiger partial charge in [0.25, 0.3) is 0 Å². The number of rotatable bonds is 4. The highest BCUT2D eigenvalue weighted by atomic mass is 35.5. The van der Waals surface area contributed by atoms with Crippen LogP contribution in [0.5, 0.6) is 0 Å². The first-order chi connectivity index (χ1) is 15.7. The zero-order chi connectivity index (χ0) is 21.7. The molecular weight excluding hydrogens is 444 g/mol. The molecule has 4 aromatic rings. The van der Waals surface area contributed by atoms with Crippen LogP contribution in [0.25, 0.3) is 22.2 Å². The van der Waals surface area contributed by atoms with E-state index in [0.717, 1.165) is 64.0 Å². The third-order valence-corrected chi connectivity index (χ3v) is 7.63. The number of fused-ring (bicyclic) bond motifs is 3. The number of H-pyrrole nitrogens is 1. The lowest BCUT2D eigenvalue weighted by atomic mass is 9.94. The van der Waals surface area contributed by atoms with E-state index >= 15 is 0 Å². The van der Waals surface area contributed by atoms with Gasteiger partial charge in [-0.25, -0.2) is 19.9 Å². The molecule has 0 aromatic carbocycles. The summed E-state index contributed by atoms with van der Waals surface area (Å²) in [5.41, 5.74) is 3.17. The molecule has 0 aliphatic carbocycles. The van der Waals surface area contributed by atoms with Gasteiger partial charge in [0.05, 0.1) is 10.4 Å². The fraction of sp³-hybridized carbons (Fsp3) is 0.409. The van der Waals surface area contributed by atoms with Crippen molar-refractivity contribution in [2.75, 3.05) is 24.5 Å². The summed E-state index contributed by atoms with van der Waals surface area (Å²) in [6.45, 7) is 5.12. The van der Waals surface area contributed by atoms with E-state index in [4.69, 9.17) is 21.6 Å². The highest BCUT2D eigenvalue weighted by Crippen LogP contribution is 2.39. The minimum Gasteiger partial charge on any atom is -0.354 e. The fourth-order valence-electron chi connectivity index (χ4n) is 4.81. The van der Waals surface area contributed by atoms with E-state index in [0.29, 0.717) is 22.8 Å². The number of pyridine rings is 1. The number of nitrogens with zero attached hydrogens (tertiary/aromatic N) is 6. The molecule has 10 heteroatoms. The summed E-state index contributed by atoms with van der Waals surface area (Å²) < 4.78 is 0. The Kier molecular flexibility index (Phi) is 5.12. The summed E-state index contributed by atoms with van der Waals surface area (Å²) in [5, 5.41) is 6.01. The number of halogens is 1. The average molecular weight is 467 g/mol. The van der Waals surface area contributed by atoms with Gasteiger partial charge in [-0.1, -0.05) is 18.5 Å². The molecule has 4 aromatic heterocycles. The summed E-state index contributed by atoms with van der Waals surface area (Å²) in [6, 6.07) is 2.48. The van der Waals surface area contributed by atoms with E-state index in [2.05, 4.69) is 37.1 Å². The molecule has 2 fully saturated rings. The van der Waals surface area contributed by atoms with Crippen molar-refractivity contribution < 1.29 is 0 Å². The second kappa shape index (κ2) is 8.13. The van der Waals surface area contributed by atoms with Crippen molar-refractivity contribution in [3.63, 3.8) is 0 Å². The van der Waals surface area contributed by atoms with E-state index in [1.54, 1.807) is 18.6 Å². The quantitative estimate of drug-likeness (QED) is 0.438. The van der Waals surface area contributed by atoms with E-state index in [9.17, 15) is 0 Å². The molecule has 2 N–H and O–H groups in total. The van der Waals surface area contributed by atoms with Gasteiger partial charge in [-0.15, -0.1) is 0 Å². The van der Waals surface area contributed by atoms with Gasteiger partial charge in [0.2, 0.25) is 0 Å². The van der Waals surface area contributed by atoms with E-state index in [-0.39, 0.29) is 0 Å². The van der Waals surface area contributed by atoms with Crippen LogP contribution < -0.4 is 10.2 Å². The SMILES string of the molecule is CCc1[nH]c2nc(Sc3cnc4nccnc4c3)nc(N3C[C@H]4CCCN[C@H]4C3)c2c1Cl. The third kappa shape index (κ3) is 3.48. The van der Waals surface area contributed by atoms with Gasteiger partial charge in [0.15, 0.2) is 10.8 Å². The molecule has 0 spiro atoms. The molecule has 2 atom stereocenters. The van der Waals surface area contributed by atoms with Gasteiger partial charge in [-0.05, 0) is 49.6 Å². The molecule has 2 aliphatic rings. The normalized spacial score (nSPS) is 20.9. The Balaban J connectivity index is 1.41. The predicted molar refractivity (Wildman–Crippen MR) is 126 cm³/mol. The van der Waals surface area contributed by atoms with Crippen molar-refractivity contribution in [3.8, 4) is 0 Å². The van der Waals surface area contributed by atoms with Crippen LogP contribution in [0.15, 0.2) is 34.7 Å². The summed E-state index contributed by atoms with van der Waals surface area (Å²) in [7, 11) is 0. The van der Waals surface area contributed by atoms with Gasteiger partial charge in [0.1, 0.15) is 17.0 Å². The number of piperidine rings is 1. The maximum Gasteiger partial charge on any atom is 0.196 e. The van der Waals surface area contributed by atoms with Crippen LogP contribution in [-0.4, -0.2) is 55.6 Å². The summed E-state index contributed by atoms with van der Waals surface area (Å²) >= 11 is 8.27. The molecule has 0 unspecified atom stereocenters. The standard InChI is InChI=1S/C22H23ClN8S/c1-2-14-18(23)17-20(28-14)29-22(32-13-8-15-19(27-9-13)26-7-6-25-15)30-21(17)31-10-12-4-3-5-24-16(12)11-31/h6-9,12,16,24H,2-5,10-11H2,1H3,(H,28,29,30)/t12-,16+/m1/s1. The fourth-order valence-corrected chi connectivity index (χ4v) is 5.92. The lowest BCUT2D eigenvalue weighted by molar-refractivity contribution is 0.340. The van der Waals surface area contributed by atoms with Crippen LogP contribution in [0.4, 0.5) is 5.82 Å². The van der Waals surface area contributed by atoms with Gasteiger partial charge in [0, 0.05) is 48.3 Å². The highest BCUT2D eigenvalue weighted by Gasteiger charge is 2.36. The van der Waals surface area contributed by atoms with Crippen molar-refractivity contribution in [2.24, 2.45) is 5.92 Å². The van der Waals surface area contributed by atoms with Crippen LogP contribution in [0.2, 0.25) is 5.02 Å². The molecule has 0 bridgehead atoms. The van der Waals surface area contributed by atoms with E-state index in [1.807, 2.05) is 6.07 Å². The highest BCUT2D eigenvalue weighted by molar-refractivity contribution is 7.99. The molecule has 0 radical (unpaired) electrons. The second-order valence-corrected chi connectivity index (χ2v) is 9.78. The summed E-state index contributed by atoms with van der Waals surface area (Å²) in [4.78, 5) is 29.6. The lowest BCUT2D eigenvalue weighted by Crippen LogP contribution is -2.40. The van der Waals surface area contributed by atoms with Gasteiger partial charge >= 0.3 is 0 Å². The second-order valence-electron chi connectivity index (χ2n) is 8.36. The largest absolute Gasteiger partial charge is 0.354 e. The smallest absolute Gasteiger partial charge is 0.196 e. The molecule has 0 saturated carbocycles. The van der Waals surface area contributed by atoms with Crippen molar-refractivity contribution >= 4 is 51.4 Å². The summed E-state index contributed by atoms with van der Waals surface area (Å²) in [6.07, 6.45) is 8.42. The van der Waals surface area contributed by atoms with Crippen LogP contribution in [0.1, 0.15) is 25.5 Å². The van der Waals surface area contributed by atoms with Gasteiger partial charge in [-0.2, -0.15) is 0 Å². The van der Waals surface area contributed by atoms with Crippen LogP contribution >= 0.6 is 23.4 Å². The lowest BCUT2D eigenvalue weighted by Gasteiger charge is -2.24. The van der Waals surface area contributed by atoms with Gasteiger partial charge in [-0.3, -0.25) is 4.98 Å². The van der Waals surface area contributed by atoms with E-state index in [1.165, 1.54) is 24.6 Å². The minimum atomic E-state index is 0.511. The van der Waals surface area contributed by atoms with Crippen LogP contribution in [0.3, 0.4) is 0 Å². The molecule has 6 rings (SSSR count). The Hall–Kier alpha value is -2.49. The molecule has 8 nitrogen and oxygen atoms in total. The number of nitrogens with one attached hydrogen (secondary N) is 2. The number of hydrogen-bond acceptors (Lipinski definition) is 8. The van der Waals surface area contributed by atoms with Crippen LogP contribution in [-0.2, 0) is 6.42 Å². The molecule has 32 heavy (non-hydrogen) atoms. The third-order valence-electron chi connectivity index (χ3n) is 6.38. The number of anilines is 1. The Labute approximate surface area is 194 Å². The van der Waals surface area contributed by atoms with Crippen LogP contribution in [0, 0.1) is 5.92 Å². The van der Waals surface area contributed by atoms with Crippen molar-refractivity contribution in [3.05, 3.63) is 35.4 Å². The molecule has 164 valence electrons. The maximum absolute atomic E-state index is 6.79. The molecular formula is C22H23ClN8S. The molecule has 0 amide bonds. The first-order valence-electron chi connectivity index (χ1n) is 11.0. The Morgan fingerprint density at radius 3 is 2.97 bits per heavy atom.